The van der Waals surface area contributed by atoms with Crippen LogP contribution in [0.3, 0.4) is 0 Å². The van der Waals surface area contributed by atoms with Crippen molar-refractivity contribution >= 4 is 53.9 Å². The van der Waals surface area contributed by atoms with Gasteiger partial charge in [0.1, 0.15) is 5.82 Å². The molecule has 0 saturated carbocycles. The van der Waals surface area contributed by atoms with Gasteiger partial charge in [-0.1, -0.05) is 24.3 Å². The number of hydrogen-bond acceptors (Lipinski definition) is 4. The average Bonchev–Trinajstić information content (AvgIpc) is 2.70. The molecule has 4 rings (SSSR count). The maximum absolute atomic E-state index is 14.0. The molecule has 1 atom stereocenters. The smallest absolute Gasteiger partial charge is 0.237 e. The number of anilines is 2. The summed E-state index contributed by atoms with van der Waals surface area (Å²) >= 11 is 1.68. The van der Waals surface area contributed by atoms with Crippen LogP contribution in [0.25, 0.3) is 0 Å². The molecule has 4 nitrogen and oxygen atoms in total. The quantitative estimate of drug-likeness (QED) is 0.665. The normalized spacial score (nSPS) is 18.7. The van der Waals surface area contributed by atoms with Crippen LogP contribution in [0.4, 0.5) is 15.8 Å². The Balaban J connectivity index is 0.00000160. The number of nitrogens with zero attached hydrogens (tertiary/aromatic N) is 2. The molecule has 2 aromatic rings. The third kappa shape index (κ3) is 5.61. The minimum Gasteiger partial charge on any atom is -0.367 e. The molecule has 1 N–H and O–H groups in total. The van der Waals surface area contributed by atoms with Gasteiger partial charge in [0, 0.05) is 31.1 Å². The van der Waals surface area contributed by atoms with Crippen LogP contribution in [-0.2, 0) is 4.79 Å². The van der Waals surface area contributed by atoms with Crippen molar-refractivity contribution in [1.29, 1.82) is 0 Å². The van der Waals surface area contributed by atoms with Gasteiger partial charge in [-0.15, -0.1) is 36.6 Å². The average molecular weight is 472 g/mol. The zero-order valence-corrected chi connectivity index (χ0v) is 19.4. The van der Waals surface area contributed by atoms with E-state index >= 15 is 0 Å². The number of carbonyl (C=O) groups is 1. The van der Waals surface area contributed by atoms with Crippen molar-refractivity contribution in [1.82, 2.24) is 4.90 Å². The van der Waals surface area contributed by atoms with E-state index in [-0.39, 0.29) is 41.8 Å². The predicted molar refractivity (Wildman–Crippen MR) is 128 cm³/mol. The first-order chi connectivity index (χ1) is 13.6. The molecule has 0 spiro atoms. The van der Waals surface area contributed by atoms with Gasteiger partial charge in [-0.05, 0) is 50.1 Å². The molecule has 2 aromatic carbocycles. The fourth-order valence-electron chi connectivity index (χ4n) is 3.92. The van der Waals surface area contributed by atoms with Gasteiger partial charge >= 0.3 is 0 Å². The van der Waals surface area contributed by atoms with Gasteiger partial charge in [-0.3, -0.25) is 9.69 Å². The lowest BCUT2D eigenvalue weighted by Crippen LogP contribution is -2.47. The van der Waals surface area contributed by atoms with Crippen LogP contribution >= 0.6 is 36.6 Å². The molecular weight excluding hydrogens is 444 g/mol. The van der Waals surface area contributed by atoms with Gasteiger partial charge in [0.2, 0.25) is 5.91 Å². The second-order valence-electron chi connectivity index (χ2n) is 7.47. The molecule has 2 aliphatic rings. The molecule has 1 amide bonds. The monoisotopic (exact) mass is 471 g/mol. The van der Waals surface area contributed by atoms with Gasteiger partial charge in [0.15, 0.2) is 0 Å². The van der Waals surface area contributed by atoms with Crippen molar-refractivity contribution in [3.05, 3.63) is 53.8 Å². The summed E-state index contributed by atoms with van der Waals surface area (Å²) in [4.78, 5) is 18.1. The number of fused-ring (bicyclic) bond motifs is 1. The minimum absolute atomic E-state index is 0. The summed E-state index contributed by atoms with van der Waals surface area (Å²) in [5, 5.41) is 3.06. The van der Waals surface area contributed by atoms with E-state index < -0.39 is 0 Å². The van der Waals surface area contributed by atoms with Gasteiger partial charge in [-0.2, -0.15) is 0 Å². The van der Waals surface area contributed by atoms with E-state index in [4.69, 9.17) is 0 Å². The number of nitrogens with one attached hydrogen (secondary N) is 1. The highest BCUT2D eigenvalue weighted by atomic mass is 35.5. The summed E-state index contributed by atoms with van der Waals surface area (Å²) in [5.74, 6) is -0.0250. The third-order valence-electron chi connectivity index (χ3n) is 5.55. The standard InChI is InChI=1S/C22H26FN3OS.2ClH/c1-16-6-4-9-19-21(16)24-22(27)20(28-19)10-5-11-25-12-14-26(15-13-25)18-8-3-2-7-17(18)23;;/h2-4,6-9,20H,5,10-15H2,1H3,(H,24,27);2*1H. The summed E-state index contributed by atoms with van der Waals surface area (Å²) in [6.45, 7) is 6.55. The number of para-hydroxylation sites is 2. The molecule has 0 aromatic heterocycles. The Hall–Kier alpha value is -1.47. The molecule has 0 aliphatic carbocycles. The number of carbonyl (C=O) groups excluding carboxylic acids is 1. The Morgan fingerprint density at radius 2 is 1.80 bits per heavy atom. The van der Waals surface area contributed by atoms with Crippen LogP contribution < -0.4 is 10.2 Å². The Labute approximate surface area is 194 Å². The number of thioether (sulfide) groups is 1. The van der Waals surface area contributed by atoms with Crippen molar-refractivity contribution in [3.63, 3.8) is 0 Å². The zero-order valence-electron chi connectivity index (χ0n) is 17.0. The maximum atomic E-state index is 14.0. The van der Waals surface area contributed by atoms with Crippen LogP contribution in [0.15, 0.2) is 47.4 Å². The van der Waals surface area contributed by atoms with Crippen molar-refractivity contribution in [3.8, 4) is 0 Å². The van der Waals surface area contributed by atoms with Crippen LogP contribution in [0.1, 0.15) is 18.4 Å². The second-order valence-corrected chi connectivity index (χ2v) is 8.71. The van der Waals surface area contributed by atoms with Crippen LogP contribution in [0.5, 0.6) is 0 Å². The number of rotatable bonds is 5. The Bertz CT molecular complexity index is 862. The number of hydrogen-bond donors (Lipinski definition) is 1. The number of benzene rings is 2. The SMILES string of the molecule is Cc1cccc2c1NC(=O)C(CCCN1CCN(c3ccccc3F)CC1)S2.Cl.Cl. The van der Waals surface area contributed by atoms with Crippen molar-refractivity contribution in [2.75, 3.05) is 42.9 Å². The number of halogens is 3. The summed E-state index contributed by atoms with van der Waals surface area (Å²) in [5.41, 5.74) is 2.79. The highest BCUT2D eigenvalue weighted by Crippen LogP contribution is 2.39. The highest BCUT2D eigenvalue weighted by molar-refractivity contribution is 8.01. The first-order valence-corrected chi connectivity index (χ1v) is 10.8. The zero-order chi connectivity index (χ0) is 19.5. The van der Waals surface area contributed by atoms with Crippen LogP contribution in [0.2, 0.25) is 0 Å². The molecule has 0 bridgehead atoms. The van der Waals surface area contributed by atoms with Crippen LogP contribution in [-0.4, -0.2) is 48.8 Å². The lowest BCUT2D eigenvalue weighted by Gasteiger charge is -2.36. The summed E-state index contributed by atoms with van der Waals surface area (Å²) in [7, 11) is 0. The molecule has 164 valence electrons. The number of piperazine rings is 1. The molecule has 0 radical (unpaired) electrons. The first-order valence-electron chi connectivity index (χ1n) is 9.91. The Morgan fingerprint density at radius 1 is 1.07 bits per heavy atom. The molecule has 2 aliphatic heterocycles. The fraction of sp³-hybridized carbons (Fsp3) is 0.409. The molecule has 1 fully saturated rings. The number of aryl methyl sites for hydroxylation is 1. The molecule has 1 unspecified atom stereocenters. The van der Waals surface area contributed by atoms with E-state index in [0.29, 0.717) is 5.69 Å². The van der Waals surface area contributed by atoms with Crippen molar-refractivity contribution in [2.24, 2.45) is 0 Å². The van der Waals surface area contributed by atoms with E-state index in [1.54, 1.807) is 17.8 Å². The predicted octanol–water partition coefficient (Wildman–Crippen LogP) is 4.99. The van der Waals surface area contributed by atoms with Gasteiger partial charge in [-0.25, -0.2) is 4.39 Å². The van der Waals surface area contributed by atoms with Crippen LogP contribution in [0, 0.1) is 12.7 Å². The lowest BCUT2D eigenvalue weighted by molar-refractivity contribution is -0.116. The number of amides is 1. The van der Waals surface area contributed by atoms with E-state index in [2.05, 4.69) is 21.2 Å². The molecule has 8 heteroatoms. The molecular formula is C22H28Cl2FN3OS. The summed E-state index contributed by atoms with van der Waals surface area (Å²) < 4.78 is 14.0. The third-order valence-corrected chi connectivity index (χ3v) is 6.88. The molecule has 30 heavy (non-hydrogen) atoms. The Kier molecular flexibility index (Phi) is 9.29. The Morgan fingerprint density at radius 3 is 2.53 bits per heavy atom. The largest absolute Gasteiger partial charge is 0.367 e. The van der Waals surface area contributed by atoms with Gasteiger partial charge in [0.05, 0.1) is 16.6 Å². The first kappa shape index (κ1) is 24.8. The van der Waals surface area contributed by atoms with Crippen molar-refractivity contribution in [2.45, 2.75) is 29.9 Å². The highest BCUT2D eigenvalue weighted by Gasteiger charge is 2.27. The second kappa shape index (κ2) is 11.2. The van der Waals surface area contributed by atoms with Crippen molar-refractivity contribution < 1.29 is 9.18 Å². The maximum Gasteiger partial charge on any atom is 0.237 e. The molecule has 1 saturated heterocycles. The van der Waals surface area contributed by atoms with E-state index in [0.717, 1.165) is 56.8 Å². The summed E-state index contributed by atoms with van der Waals surface area (Å²) in [6, 6.07) is 13.1. The van der Waals surface area contributed by atoms with E-state index in [1.807, 2.05) is 31.2 Å². The lowest BCUT2D eigenvalue weighted by atomic mass is 10.1. The van der Waals surface area contributed by atoms with E-state index in [1.165, 1.54) is 11.0 Å². The van der Waals surface area contributed by atoms with Gasteiger partial charge < -0.3 is 10.2 Å². The topological polar surface area (TPSA) is 35.6 Å². The van der Waals surface area contributed by atoms with E-state index in [9.17, 15) is 9.18 Å². The molecule has 2 heterocycles. The summed E-state index contributed by atoms with van der Waals surface area (Å²) in [6.07, 6.45) is 1.86. The van der Waals surface area contributed by atoms with Gasteiger partial charge in [0.25, 0.3) is 0 Å². The fourth-order valence-corrected chi connectivity index (χ4v) is 5.16. The minimum atomic E-state index is -0.146.